The Morgan fingerprint density at radius 2 is 1.05 bits per heavy atom. The highest BCUT2D eigenvalue weighted by Gasteiger charge is 2.22. The Morgan fingerprint density at radius 3 is 1.56 bits per heavy atom. The molecule has 5 nitrogen and oxygen atoms in total. The van der Waals surface area contributed by atoms with Crippen LogP contribution in [0.5, 0.6) is 0 Å². The molecule has 1 amide bonds. The number of aliphatic hydroxyl groups is 3. The molecule has 0 aromatic heterocycles. The maximum atomic E-state index is 12.3. The number of carbonyl (C=O) groups is 1. The molecule has 0 saturated heterocycles. The van der Waals surface area contributed by atoms with E-state index in [1.807, 2.05) is 6.08 Å². The van der Waals surface area contributed by atoms with Crippen LogP contribution in [0.1, 0.15) is 149 Å². The Morgan fingerprint density at radius 1 is 0.615 bits per heavy atom. The number of nitrogens with one attached hydrogen (secondary N) is 1. The standard InChI is InChI=1S/C34H63NO4/c1-3-5-7-9-11-13-15-17-19-20-22-24-26-28-32(37)31(30-36)35-34(39)33(38)29-27-25-23-21-18-16-14-12-10-8-6-4-2/h11,13,19-20,26,28,31-33,36-38H,3-10,12,14-18,21-25,27,29-30H2,1-2H3,(H,35,39)/b13-11+,20-19+,28-26+. The van der Waals surface area contributed by atoms with Crippen LogP contribution in [-0.4, -0.2) is 46.1 Å². The second kappa shape index (κ2) is 29.6. The number of hydrogen-bond donors (Lipinski definition) is 4. The third kappa shape index (κ3) is 25.3. The van der Waals surface area contributed by atoms with E-state index in [9.17, 15) is 20.1 Å². The number of hydrogen-bond acceptors (Lipinski definition) is 4. The largest absolute Gasteiger partial charge is 0.394 e. The van der Waals surface area contributed by atoms with E-state index in [0.717, 1.165) is 44.9 Å². The Bertz CT molecular complexity index is 616. The zero-order chi connectivity index (χ0) is 28.8. The Balaban J connectivity index is 3.89. The number of aliphatic hydroxyl groups excluding tert-OH is 3. The van der Waals surface area contributed by atoms with Crippen molar-refractivity contribution >= 4 is 5.91 Å². The maximum Gasteiger partial charge on any atom is 0.249 e. The summed E-state index contributed by atoms with van der Waals surface area (Å²) in [6, 6.07) is -0.815. The van der Waals surface area contributed by atoms with Crippen LogP contribution in [0.4, 0.5) is 0 Å². The summed E-state index contributed by atoms with van der Waals surface area (Å²) in [6.45, 7) is 4.09. The number of carbonyl (C=O) groups excluding carboxylic acids is 1. The molecule has 0 aliphatic heterocycles. The van der Waals surface area contributed by atoms with Gasteiger partial charge in [-0.25, -0.2) is 0 Å². The van der Waals surface area contributed by atoms with Gasteiger partial charge in [0, 0.05) is 0 Å². The van der Waals surface area contributed by atoms with Gasteiger partial charge in [0.05, 0.1) is 18.8 Å². The first kappa shape index (κ1) is 37.6. The first-order valence-corrected chi connectivity index (χ1v) is 16.3. The summed E-state index contributed by atoms with van der Waals surface area (Å²) in [5.41, 5.74) is 0. The first-order valence-electron chi connectivity index (χ1n) is 16.3. The van der Waals surface area contributed by atoms with Crippen molar-refractivity contribution in [3.63, 3.8) is 0 Å². The van der Waals surface area contributed by atoms with Crippen molar-refractivity contribution in [3.8, 4) is 0 Å². The molecule has 0 aliphatic carbocycles. The van der Waals surface area contributed by atoms with Gasteiger partial charge >= 0.3 is 0 Å². The molecular formula is C34H63NO4. The average Bonchev–Trinajstić information content (AvgIpc) is 2.94. The van der Waals surface area contributed by atoms with Gasteiger partial charge in [-0.05, 0) is 44.9 Å². The van der Waals surface area contributed by atoms with E-state index in [4.69, 9.17) is 0 Å². The van der Waals surface area contributed by atoms with E-state index in [2.05, 4.69) is 43.5 Å². The lowest BCUT2D eigenvalue weighted by molar-refractivity contribution is -0.131. The van der Waals surface area contributed by atoms with Crippen LogP contribution in [0.25, 0.3) is 0 Å². The normalized spacial score (nSPS) is 14.5. The molecule has 0 radical (unpaired) electrons. The SMILES string of the molecule is CCCCC/C=C/CC/C=C/CC/C=C/C(O)C(CO)NC(=O)C(O)CCCCCCCCCCCCCC. The highest BCUT2D eigenvalue weighted by molar-refractivity contribution is 5.80. The quantitative estimate of drug-likeness (QED) is 0.0586. The predicted molar refractivity (Wildman–Crippen MR) is 167 cm³/mol. The molecule has 39 heavy (non-hydrogen) atoms. The van der Waals surface area contributed by atoms with Crippen LogP contribution in [0.3, 0.4) is 0 Å². The number of unbranched alkanes of at least 4 members (excludes halogenated alkanes) is 16. The summed E-state index contributed by atoms with van der Waals surface area (Å²) in [4.78, 5) is 12.3. The highest BCUT2D eigenvalue weighted by atomic mass is 16.3. The zero-order valence-electron chi connectivity index (χ0n) is 25.5. The lowest BCUT2D eigenvalue weighted by atomic mass is 10.0. The molecule has 0 heterocycles. The second-order valence-electron chi connectivity index (χ2n) is 11.0. The van der Waals surface area contributed by atoms with Crippen LogP contribution in [0.2, 0.25) is 0 Å². The molecule has 0 aliphatic rings. The number of allylic oxidation sites excluding steroid dienone is 5. The summed E-state index contributed by atoms with van der Waals surface area (Å²) in [6.07, 6.45) is 34.4. The van der Waals surface area contributed by atoms with Gasteiger partial charge in [0.2, 0.25) is 5.91 Å². The summed E-state index contributed by atoms with van der Waals surface area (Å²) in [5, 5.41) is 32.7. The van der Waals surface area contributed by atoms with E-state index >= 15 is 0 Å². The molecule has 3 atom stereocenters. The number of rotatable bonds is 28. The van der Waals surface area contributed by atoms with Crippen molar-refractivity contribution in [1.29, 1.82) is 0 Å². The Kier molecular flexibility index (Phi) is 28.5. The van der Waals surface area contributed by atoms with E-state index in [1.54, 1.807) is 6.08 Å². The van der Waals surface area contributed by atoms with Crippen molar-refractivity contribution in [2.75, 3.05) is 6.61 Å². The molecule has 3 unspecified atom stereocenters. The van der Waals surface area contributed by atoms with Crippen LogP contribution < -0.4 is 5.32 Å². The second-order valence-corrected chi connectivity index (χ2v) is 11.0. The average molecular weight is 550 g/mol. The van der Waals surface area contributed by atoms with Gasteiger partial charge < -0.3 is 20.6 Å². The summed E-state index contributed by atoms with van der Waals surface area (Å²) < 4.78 is 0. The molecule has 0 aromatic rings. The van der Waals surface area contributed by atoms with Gasteiger partial charge in [-0.1, -0.05) is 140 Å². The van der Waals surface area contributed by atoms with Gasteiger partial charge in [-0.2, -0.15) is 0 Å². The maximum absolute atomic E-state index is 12.3. The van der Waals surface area contributed by atoms with Crippen LogP contribution in [0, 0.1) is 0 Å². The third-order valence-electron chi connectivity index (χ3n) is 7.21. The minimum absolute atomic E-state index is 0.381. The molecule has 0 fully saturated rings. The van der Waals surface area contributed by atoms with Crippen LogP contribution in [0.15, 0.2) is 36.5 Å². The lowest BCUT2D eigenvalue weighted by Gasteiger charge is -2.21. The monoisotopic (exact) mass is 549 g/mol. The van der Waals surface area contributed by atoms with Crippen LogP contribution in [-0.2, 0) is 4.79 Å². The van der Waals surface area contributed by atoms with Crippen molar-refractivity contribution in [2.24, 2.45) is 0 Å². The number of amides is 1. The molecule has 0 spiro atoms. The molecule has 0 aromatic carbocycles. The molecular weight excluding hydrogens is 486 g/mol. The fraction of sp³-hybridized carbons (Fsp3) is 0.794. The van der Waals surface area contributed by atoms with E-state index in [-0.39, 0.29) is 6.61 Å². The fourth-order valence-corrected chi connectivity index (χ4v) is 4.57. The third-order valence-corrected chi connectivity index (χ3v) is 7.21. The van der Waals surface area contributed by atoms with Crippen molar-refractivity contribution in [2.45, 2.75) is 167 Å². The topological polar surface area (TPSA) is 89.8 Å². The molecule has 0 bridgehead atoms. The molecule has 0 rings (SSSR count). The smallest absolute Gasteiger partial charge is 0.249 e. The van der Waals surface area contributed by atoms with Gasteiger partial charge in [-0.15, -0.1) is 0 Å². The Labute approximate surface area is 241 Å². The van der Waals surface area contributed by atoms with Crippen molar-refractivity contribution < 1.29 is 20.1 Å². The van der Waals surface area contributed by atoms with Gasteiger partial charge in [0.15, 0.2) is 0 Å². The molecule has 228 valence electrons. The van der Waals surface area contributed by atoms with Gasteiger partial charge in [-0.3, -0.25) is 4.79 Å². The zero-order valence-corrected chi connectivity index (χ0v) is 25.5. The molecule has 0 saturated carbocycles. The minimum Gasteiger partial charge on any atom is -0.394 e. The van der Waals surface area contributed by atoms with Crippen molar-refractivity contribution in [1.82, 2.24) is 5.32 Å². The van der Waals surface area contributed by atoms with Crippen LogP contribution >= 0.6 is 0 Å². The van der Waals surface area contributed by atoms with E-state index in [0.29, 0.717) is 6.42 Å². The summed E-state index contributed by atoms with van der Waals surface area (Å²) in [7, 11) is 0. The van der Waals surface area contributed by atoms with Gasteiger partial charge in [0.1, 0.15) is 6.10 Å². The lowest BCUT2D eigenvalue weighted by Crippen LogP contribution is -2.48. The summed E-state index contributed by atoms with van der Waals surface area (Å²) in [5.74, 6) is -0.521. The molecule has 4 N–H and O–H groups in total. The first-order chi connectivity index (χ1) is 19.1. The van der Waals surface area contributed by atoms with E-state index in [1.165, 1.54) is 83.5 Å². The molecule has 5 heteroatoms. The minimum atomic E-state index is -1.10. The predicted octanol–water partition coefficient (Wildman–Crippen LogP) is 8.09. The highest BCUT2D eigenvalue weighted by Crippen LogP contribution is 2.13. The van der Waals surface area contributed by atoms with E-state index < -0.39 is 24.2 Å². The Hall–Kier alpha value is -1.43. The fourth-order valence-electron chi connectivity index (χ4n) is 4.57. The van der Waals surface area contributed by atoms with Gasteiger partial charge in [0.25, 0.3) is 0 Å². The summed E-state index contributed by atoms with van der Waals surface area (Å²) >= 11 is 0. The van der Waals surface area contributed by atoms with Crippen molar-refractivity contribution in [3.05, 3.63) is 36.5 Å².